The van der Waals surface area contributed by atoms with Crippen molar-refractivity contribution >= 4 is 11.8 Å². The molecule has 0 saturated carbocycles. The Morgan fingerprint density at radius 1 is 1.25 bits per heavy atom. The van der Waals surface area contributed by atoms with Crippen LogP contribution in [0.3, 0.4) is 0 Å². The molecule has 1 atom stereocenters. The van der Waals surface area contributed by atoms with E-state index in [1.165, 1.54) is 25.0 Å². The first-order valence-corrected chi connectivity index (χ1v) is 7.80. The summed E-state index contributed by atoms with van der Waals surface area (Å²) in [6.07, 6.45) is 9.81. The van der Waals surface area contributed by atoms with Gasteiger partial charge in [0.2, 0.25) is 11.8 Å². The Balaban J connectivity index is 1.85. The number of amides is 2. The topological polar surface area (TPSA) is 40.6 Å². The van der Waals surface area contributed by atoms with E-state index in [1.807, 2.05) is 4.90 Å². The van der Waals surface area contributed by atoms with Gasteiger partial charge in [-0.3, -0.25) is 9.59 Å². The van der Waals surface area contributed by atoms with Crippen LogP contribution in [0.1, 0.15) is 51.4 Å². The zero-order valence-electron chi connectivity index (χ0n) is 12.7. The van der Waals surface area contributed by atoms with Crippen LogP contribution in [0, 0.1) is 5.92 Å². The second kappa shape index (κ2) is 6.91. The molecule has 1 saturated heterocycles. The number of piperidine rings is 1. The van der Waals surface area contributed by atoms with E-state index in [0.717, 1.165) is 19.4 Å². The van der Waals surface area contributed by atoms with Gasteiger partial charge in [0, 0.05) is 39.2 Å². The second-order valence-corrected chi connectivity index (χ2v) is 6.09. The summed E-state index contributed by atoms with van der Waals surface area (Å²) in [6, 6.07) is 0. The second-order valence-electron chi connectivity index (χ2n) is 6.09. The number of hydrogen-bond donors (Lipinski definition) is 0. The molecule has 2 aliphatic rings. The van der Waals surface area contributed by atoms with Crippen molar-refractivity contribution in [1.82, 2.24) is 9.80 Å². The van der Waals surface area contributed by atoms with Crippen molar-refractivity contribution in [1.29, 1.82) is 0 Å². The summed E-state index contributed by atoms with van der Waals surface area (Å²) in [6.45, 7) is 0.864. The number of fused-ring (bicyclic) bond motifs is 1. The average molecular weight is 278 g/mol. The van der Waals surface area contributed by atoms with Crippen LogP contribution in [0.5, 0.6) is 0 Å². The molecule has 4 nitrogen and oxygen atoms in total. The van der Waals surface area contributed by atoms with Crippen molar-refractivity contribution < 1.29 is 9.59 Å². The Bertz CT molecular complexity index is 401. The first-order valence-electron chi connectivity index (χ1n) is 7.80. The van der Waals surface area contributed by atoms with E-state index in [4.69, 9.17) is 0 Å². The highest BCUT2D eigenvalue weighted by molar-refractivity contribution is 5.80. The van der Waals surface area contributed by atoms with Gasteiger partial charge >= 0.3 is 0 Å². The first-order chi connectivity index (χ1) is 9.59. The molecule has 0 aromatic heterocycles. The van der Waals surface area contributed by atoms with E-state index in [9.17, 15) is 9.59 Å². The lowest BCUT2D eigenvalue weighted by molar-refractivity contribution is -0.131. The Kier molecular flexibility index (Phi) is 5.21. The summed E-state index contributed by atoms with van der Waals surface area (Å²) in [4.78, 5) is 27.5. The quantitative estimate of drug-likeness (QED) is 0.793. The van der Waals surface area contributed by atoms with Crippen molar-refractivity contribution in [2.75, 3.05) is 20.6 Å². The molecule has 0 bridgehead atoms. The smallest absolute Gasteiger partial charge is 0.226 e. The molecule has 1 fully saturated rings. The molecule has 0 radical (unpaired) electrons. The van der Waals surface area contributed by atoms with Crippen molar-refractivity contribution in [3.63, 3.8) is 0 Å². The third kappa shape index (κ3) is 3.62. The van der Waals surface area contributed by atoms with Gasteiger partial charge in [0.15, 0.2) is 0 Å². The van der Waals surface area contributed by atoms with E-state index in [2.05, 4.69) is 6.08 Å². The van der Waals surface area contributed by atoms with Gasteiger partial charge in [-0.05, 0) is 44.4 Å². The van der Waals surface area contributed by atoms with Gasteiger partial charge in [-0.1, -0.05) is 6.08 Å². The van der Waals surface area contributed by atoms with Crippen LogP contribution in [0.15, 0.2) is 11.8 Å². The summed E-state index contributed by atoms with van der Waals surface area (Å²) in [5, 5.41) is 0. The fourth-order valence-corrected chi connectivity index (χ4v) is 3.19. The standard InChI is InChI=1S/C16H26N2O2/c1-17(2)15(19)10-5-11-16(20)18-12-6-8-13-7-3-4-9-14(13)18/h9,13H,3-8,10-12H2,1-2H3. The van der Waals surface area contributed by atoms with Gasteiger partial charge in [0.25, 0.3) is 0 Å². The van der Waals surface area contributed by atoms with Crippen molar-refractivity contribution in [2.24, 2.45) is 5.92 Å². The van der Waals surface area contributed by atoms with Crippen LogP contribution in [0.4, 0.5) is 0 Å². The van der Waals surface area contributed by atoms with E-state index < -0.39 is 0 Å². The number of nitrogens with zero attached hydrogens (tertiary/aromatic N) is 2. The first kappa shape index (κ1) is 15.1. The van der Waals surface area contributed by atoms with Crippen molar-refractivity contribution in [3.05, 3.63) is 11.8 Å². The third-order valence-electron chi connectivity index (χ3n) is 4.36. The Labute approximate surface area is 121 Å². The van der Waals surface area contributed by atoms with Crippen LogP contribution >= 0.6 is 0 Å². The predicted molar refractivity (Wildman–Crippen MR) is 78.9 cm³/mol. The van der Waals surface area contributed by atoms with E-state index in [0.29, 0.717) is 25.2 Å². The Morgan fingerprint density at radius 3 is 2.75 bits per heavy atom. The van der Waals surface area contributed by atoms with E-state index >= 15 is 0 Å². The number of rotatable bonds is 4. The maximum Gasteiger partial charge on any atom is 0.226 e. The van der Waals surface area contributed by atoms with Crippen molar-refractivity contribution in [2.45, 2.75) is 51.4 Å². The molecule has 0 N–H and O–H groups in total. The molecule has 1 heterocycles. The minimum atomic E-state index is 0.103. The monoisotopic (exact) mass is 278 g/mol. The predicted octanol–water partition coefficient (Wildman–Crippen LogP) is 2.55. The molecule has 0 spiro atoms. The molecular formula is C16H26N2O2. The highest BCUT2D eigenvalue weighted by Crippen LogP contribution is 2.35. The lowest BCUT2D eigenvalue weighted by Gasteiger charge is -2.38. The van der Waals surface area contributed by atoms with Gasteiger partial charge in [-0.25, -0.2) is 0 Å². The number of hydrogen-bond acceptors (Lipinski definition) is 2. The molecule has 0 aromatic carbocycles. The molecule has 112 valence electrons. The van der Waals surface area contributed by atoms with Crippen LogP contribution in [0.2, 0.25) is 0 Å². The van der Waals surface area contributed by atoms with Gasteiger partial charge in [-0.2, -0.15) is 0 Å². The van der Waals surface area contributed by atoms with E-state index in [-0.39, 0.29) is 11.8 Å². The Hall–Kier alpha value is -1.32. The molecule has 1 aliphatic heterocycles. The number of carbonyl (C=O) groups is 2. The summed E-state index contributed by atoms with van der Waals surface area (Å²) in [5.41, 5.74) is 1.27. The van der Waals surface area contributed by atoms with Crippen LogP contribution in [-0.4, -0.2) is 42.3 Å². The lowest BCUT2D eigenvalue weighted by Crippen LogP contribution is -2.39. The highest BCUT2D eigenvalue weighted by Gasteiger charge is 2.29. The molecule has 20 heavy (non-hydrogen) atoms. The van der Waals surface area contributed by atoms with Gasteiger partial charge < -0.3 is 9.80 Å². The molecule has 1 unspecified atom stereocenters. The average Bonchev–Trinajstić information content (AvgIpc) is 2.46. The van der Waals surface area contributed by atoms with Gasteiger partial charge in [0.05, 0.1) is 0 Å². The zero-order valence-corrected chi connectivity index (χ0v) is 12.7. The van der Waals surface area contributed by atoms with Crippen LogP contribution < -0.4 is 0 Å². The summed E-state index contributed by atoms with van der Waals surface area (Å²) >= 11 is 0. The Morgan fingerprint density at radius 2 is 2.00 bits per heavy atom. The molecule has 2 rings (SSSR count). The molecule has 4 heteroatoms. The summed E-state index contributed by atoms with van der Waals surface area (Å²) in [7, 11) is 3.51. The maximum absolute atomic E-state index is 12.4. The summed E-state index contributed by atoms with van der Waals surface area (Å²) < 4.78 is 0. The molecule has 2 amide bonds. The third-order valence-corrected chi connectivity index (χ3v) is 4.36. The highest BCUT2D eigenvalue weighted by atomic mass is 16.2. The molecule has 1 aliphatic carbocycles. The SMILES string of the molecule is CN(C)C(=O)CCCC(=O)N1CCCC2CCCC=C21. The van der Waals surface area contributed by atoms with Crippen LogP contribution in [-0.2, 0) is 9.59 Å². The minimum absolute atomic E-state index is 0.103. The van der Waals surface area contributed by atoms with Gasteiger partial charge in [-0.15, -0.1) is 0 Å². The zero-order chi connectivity index (χ0) is 14.5. The summed E-state index contributed by atoms with van der Waals surface area (Å²) in [5.74, 6) is 0.908. The number of allylic oxidation sites excluding steroid dienone is 2. The fourth-order valence-electron chi connectivity index (χ4n) is 3.19. The number of likely N-dealkylation sites (tertiary alicyclic amines) is 1. The largest absolute Gasteiger partial charge is 0.349 e. The number of carbonyl (C=O) groups excluding carboxylic acids is 2. The normalized spacial score (nSPS) is 22.0. The fraction of sp³-hybridized carbons (Fsp3) is 0.750. The van der Waals surface area contributed by atoms with Crippen LogP contribution in [0.25, 0.3) is 0 Å². The lowest BCUT2D eigenvalue weighted by atomic mass is 9.85. The minimum Gasteiger partial charge on any atom is -0.349 e. The van der Waals surface area contributed by atoms with E-state index in [1.54, 1.807) is 19.0 Å². The molecular weight excluding hydrogens is 252 g/mol. The van der Waals surface area contributed by atoms with Crippen molar-refractivity contribution in [3.8, 4) is 0 Å². The van der Waals surface area contributed by atoms with Gasteiger partial charge in [0.1, 0.15) is 0 Å². The maximum atomic E-state index is 12.4. The molecule has 0 aromatic rings.